The van der Waals surface area contributed by atoms with E-state index in [4.69, 9.17) is 0 Å². The van der Waals surface area contributed by atoms with Crippen LogP contribution < -0.4 is 0 Å². The van der Waals surface area contributed by atoms with Crippen LogP contribution in [0, 0.1) is 13.8 Å². The average molecular weight is 252 g/mol. The monoisotopic (exact) mass is 252 g/mol. The van der Waals surface area contributed by atoms with E-state index in [1.807, 2.05) is 6.92 Å². The second-order valence-corrected chi connectivity index (χ2v) is 5.90. The molecule has 2 aromatic rings. The normalized spacial score (nSPS) is 12.1. The number of nitrogens with zero attached hydrogens (tertiary/aromatic N) is 4. The van der Waals surface area contributed by atoms with E-state index >= 15 is 0 Å². The maximum Gasteiger partial charge on any atom is 0.115 e. The van der Waals surface area contributed by atoms with Gasteiger partial charge in [-0.3, -0.25) is 0 Å². The Morgan fingerprint density at radius 2 is 2.12 bits per heavy atom. The van der Waals surface area contributed by atoms with Crippen molar-refractivity contribution >= 4 is 11.3 Å². The Morgan fingerprint density at radius 3 is 2.59 bits per heavy atom. The largest absolute Gasteiger partial charge is 0.384 e. The topological polar surface area (TPSA) is 63.8 Å². The highest BCUT2D eigenvalue weighted by molar-refractivity contribution is 7.11. The van der Waals surface area contributed by atoms with Gasteiger partial charge in [-0.1, -0.05) is 5.21 Å². The number of rotatable bonds is 3. The fourth-order valence-corrected chi connectivity index (χ4v) is 2.33. The Bertz CT molecular complexity index is 504. The predicted octanol–water partition coefficient (Wildman–Crippen LogP) is 1.63. The van der Waals surface area contributed by atoms with Crippen LogP contribution in [0.25, 0.3) is 0 Å². The van der Waals surface area contributed by atoms with Crippen molar-refractivity contribution in [3.8, 4) is 0 Å². The molecule has 2 aromatic heterocycles. The van der Waals surface area contributed by atoms with Gasteiger partial charge in [0.2, 0.25) is 0 Å². The molecule has 0 radical (unpaired) electrons. The summed E-state index contributed by atoms with van der Waals surface area (Å²) in [5, 5.41) is 18.7. The lowest BCUT2D eigenvalue weighted by Gasteiger charge is -2.11. The molecule has 0 amide bonds. The first-order chi connectivity index (χ1) is 7.86. The van der Waals surface area contributed by atoms with Crippen molar-refractivity contribution < 1.29 is 5.11 Å². The molecule has 0 aromatic carbocycles. The van der Waals surface area contributed by atoms with Gasteiger partial charge in [0, 0.05) is 4.88 Å². The third-order valence-electron chi connectivity index (χ3n) is 2.54. The highest BCUT2D eigenvalue weighted by atomic mass is 32.1. The number of thiazole rings is 1. The van der Waals surface area contributed by atoms with E-state index in [0.717, 1.165) is 10.7 Å². The predicted molar refractivity (Wildman–Crippen MR) is 66.0 cm³/mol. The van der Waals surface area contributed by atoms with Gasteiger partial charge in [0.05, 0.1) is 18.4 Å². The maximum absolute atomic E-state index is 9.79. The molecule has 2 heterocycles. The fourth-order valence-electron chi connectivity index (χ4n) is 1.40. The zero-order chi connectivity index (χ0) is 12.6. The molecule has 1 N–H and O–H groups in total. The lowest BCUT2D eigenvalue weighted by molar-refractivity contribution is 0.0737. The molecule has 92 valence electrons. The highest BCUT2D eigenvalue weighted by Gasteiger charge is 2.20. The van der Waals surface area contributed by atoms with Crippen molar-refractivity contribution in [1.82, 2.24) is 20.0 Å². The fraction of sp³-hybridized carbons (Fsp3) is 0.545. The minimum absolute atomic E-state index is 0.572. The smallest absolute Gasteiger partial charge is 0.115 e. The summed E-state index contributed by atoms with van der Waals surface area (Å²) in [7, 11) is 0. The van der Waals surface area contributed by atoms with E-state index in [2.05, 4.69) is 22.2 Å². The Labute approximate surface area is 104 Å². The standard InChI is InChI=1S/C11H16N4OS/c1-7-8(2)17-10(12-7)6-15-5-9(13-14-15)11(3,4)16/h5,16H,6H2,1-4H3. The van der Waals surface area contributed by atoms with Crippen LogP contribution in [-0.2, 0) is 12.1 Å². The van der Waals surface area contributed by atoms with Crippen LogP contribution in [0.4, 0.5) is 0 Å². The van der Waals surface area contributed by atoms with E-state index in [-0.39, 0.29) is 0 Å². The first-order valence-corrected chi connectivity index (χ1v) is 6.24. The lowest BCUT2D eigenvalue weighted by Crippen LogP contribution is -2.15. The molecule has 0 saturated carbocycles. The van der Waals surface area contributed by atoms with Crippen LogP contribution in [0.1, 0.15) is 35.1 Å². The van der Waals surface area contributed by atoms with Crippen LogP contribution in [-0.4, -0.2) is 25.1 Å². The molecule has 0 aliphatic heterocycles. The van der Waals surface area contributed by atoms with Gasteiger partial charge in [-0.25, -0.2) is 9.67 Å². The maximum atomic E-state index is 9.79. The van der Waals surface area contributed by atoms with Gasteiger partial charge in [-0.05, 0) is 27.7 Å². The van der Waals surface area contributed by atoms with Crippen LogP contribution in [0.5, 0.6) is 0 Å². The molecule has 17 heavy (non-hydrogen) atoms. The molecule has 0 unspecified atom stereocenters. The molecule has 5 nitrogen and oxygen atoms in total. The number of aliphatic hydroxyl groups is 1. The SMILES string of the molecule is Cc1nc(Cn2cc(C(C)(C)O)nn2)sc1C. The van der Waals surface area contributed by atoms with Gasteiger partial charge in [0.25, 0.3) is 0 Å². The van der Waals surface area contributed by atoms with Crippen LogP contribution in [0.15, 0.2) is 6.20 Å². The van der Waals surface area contributed by atoms with Crippen molar-refractivity contribution in [2.75, 3.05) is 0 Å². The van der Waals surface area contributed by atoms with Gasteiger partial charge in [-0.15, -0.1) is 16.4 Å². The van der Waals surface area contributed by atoms with Crippen molar-refractivity contribution in [3.63, 3.8) is 0 Å². The molecule has 0 aliphatic carbocycles. The minimum Gasteiger partial charge on any atom is -0.384 e. The van der Waals surface area contributed by atoms with Crippen molar-refractivity contribution in [2.24, 2.45) is 0 Å². The lowest BCUT2D eigenvalue weighted by atomic mass is 10.1. The zero-order valence-electron chi connectivity index (χ0n) is 10.4. The second kappa shape index (κ2) is 4.19. The van der Waals surface area contributed by atoms with E-state index in [1.54, 1.807) is 36.1 Å². The van der Waals surface area contributed by atoms with Crippen LogP contribution in [0.3, 0.4) is 0 Å². The number of hydrogen-bond acceptors (Lipinski definition) is 5. The van der Waals surface area contributed by atoms with Crippen molar-refractivity contribution in [2.45, 2.75) is 39.8 Å². The van der Waals surface area contributed by atoms with Gasteiger partial charge >= 0.3 is 0 Å². The Kier molecular flexibility index (Phi) is 3.01. The third kappa shape index (κ3) is 2.70. The van der Waals surface area contributed by atoms with Gasteiger partial charge < -0.3 is 5.11 Å². The summed E-state index contributed by atoms with van der Waals surface area (Å²) in [4.78, 5) is 5.67. The summed E-state index contributed by atoms with van der Waals surface area (Å²) < 4.78 is 1.70. The average Bonchev–Trinajstić information content (AvgIpc) is 2.75. The zero-order valence-corrected chi connectivity index (χ0v) is 11.2. The van der Waals surface area contributed by atoms with Gasteiger partial charge in [-0.2, -0.15) is 0 Å². The van der Waals surface area contributed by atoms with Crippen LogP contribution in [0.2, 0.25) is 0 Å². The van der Waals surface area contributed by atoms with Crippen LogP contribution >= 0.6 is 11.3 Å². The summed E-state index contributed by atoms with van der Waals surface area (Å²) in [5.41, 5.74) is 0.683. The molecule has 0 spiro atoms. The molecular formula is C11H16N4OS. The van der Waals surface area contributed by atoms with E-state index < -0.39 is 5.60 Å². The Morgan fingerprint density at radius 1 is 1.41 bits per heavy atom. The number of aromatic nitrogens is 4. The van der Waals surface area contributed by atoms with Crippen molar-refractivity contribution in [3.05, 3.63) is 27.5 Å². The van der Waals surface area contributed by atoms with E-state index in [9.17, 15) is 5.11 Å². The van der Waals surface area contributed by atoms with Crippen molar-refractivity contribution in [1.29, 1.82) is 0 Å². The molecule has 6 heteroatoms. The summed E-state index contributed by atoms with van der Waals surface area (Å²) in [5.74, 6) is 0. The minimum atomic E-state index is -0.951. The highest BCUT2D eigenvalue weighted by Crippen LogP contribution is 2.19. The molecule has 0 saturated heterocycles. The number of hydrogen-bond donors (Lipinski definition) is 1. The molecule has 0 atom stereocenters. The molecule has 2 rings (SSSR count). The molecule has 0 bridgehead atoms. The first kappa shape index (κ1) is 12.2. The molecular weight excluding hydrogens is 236 g/mol. The Hall–Kier alpha value is -1.27. The van der Waals surface area contributed by atoms with E-state index in [0.29, 0.717) is 12.2 Å². The van der Waals surface area contributed by atoms with E-state index in [1.165, 1.54) is 4.88 Å². The number of aryl methyl sites for hydroxylation is 2. The summed E-state index contributed by atoms with van der Waals surface area (Å²) in [6.45, 7) is 8.04. The first-order valence-electron chi connectivity index (χ1n) is 5.42. The van der Waals surface area contributed by atoms with Gasteiger partial charge in [0.15, 0.2) is 0 Å². The van der Waals surface area contributed by atoms with Gasteiger partial charge in [0.1, 0.15) is 16.3 Å². The Balaban J connectivity index is 2.17. The molecule has 0 fully saturated rings. The molecule has 0 aliphatic rings. The summed E-state index contributed by atoms with van der Waals surface area (Å²) in [6.07, 6.45) is 1.76. The summed E-state index contributed by atoms with van der Waals surface area (Å²) >= 11 is 1.66. The third-order valence-corrected chi connectivity index (χ3v) is 3.59. The quantitative estimate of drug-likeness (QED) is 0.901. The second-order valence-electron chi connectivity index (χ2n) is 4.61. The summed E-state index contributed by atoms with van der Waals surface area (Å²) in [6, 6.07) is 0.